The van der Waals surface area contributed by atoms with Gasteiger partial charge in [0.15, 0.2) is 0 Å². The van der Waals surface area contributed by atoms with E-state index in [-0.39, 0.29) is 0 Å². The van der Waals surface area contributed by atoms with E-state index in [4.69, 9.17) is 5.73 Å². The van der Waals surface area contributed by atoms with Gasteiger partial charge in [-0.3, -0.25) is 4.98 Å². The third-order valence-corrected chi connectivity index (χ3v) is 4.40. The Labute approximate surface area is 110 Å². The van der Waals surface area contributed by atoms with E-state index in [2.05, 4.69) is 29.1 Å². The number of rotatable bonds is 7. The van der Waals surface area contributed by atoms with Crippen molar-refractivity contribution in [3.63, 3.8) is 0 Å². The summed E-state index contributed by atoms with van der Waals surface area (Å²) < 4.78 is 0. The average molecular weight is 247 g/mol. The Kier molecular flexibility index (Phi) is 4.72. The van der Waals surface area contributed by atoms with Crippen LogP contribution in [0, 0.1) is 5.41 Å². The van der Waals surface area contributed by atoms with E-state index in [1.807, 2.05) is 12.4 Å². The quantitative estimate of drug-likeness (QED) is 0.802. The van der Waals surface area contributed by atoms with Crippen molar-refractivity contribution in [1.82, 2.24) is 9.88 Å². The van der Waals surface area contributed by atoms with Gasteiger partial charge < -0.3 is 10.6 Å². The molecular formula is C15H25N3. The van der Waals surface area contributed by atoms with Crippen molar-refractivity contribution in [2.45, 2.75) is 32.1 Å². The second-order valence-corrected chi connectivity index (χ2v) is 5.72. The Morgan fingerprint density at radius 2 is 2.00 bits per heavy atom. The summed E-state index contributed by atoms with van der Waals surface area (Å²) >= 11 is 0. The number of hydrogen-bond acceptors (Lipinski definition) is 3. The first kappa shape index (κ1) is 13.5. The van der Waals surface area contributed by atoms with Gasteiger partial charge in [-0.2, -0.15) is 0 Å². The molecular weight excluding hydrogens is 222 g/mol. The number of aromatic nitrogens is 1. The largest absolute Gasteiger partial charge is 0.330 e. The summed E-state index contributed by atoms with van der Waals surface area (Å²) in [7, 11) is 2.21. The van der Waals surface area contributed by atoms with Crippen LogP contribution < -0.4 is 5.73 Å². The highest BCUT2D eigenvalue weighted by molar-refractivity contribution is 5.09. The summed E-state index contributed by atoms with van der Waals surface area (Å²) in [5, 5.41) is 0. The van der Waals surface area contributed by atoms with Crippen LogP contribution in [0.3, 0.4) is 0 Å². The highest BCUT2D eigenvalue weighted by Crippen LogP contribution is 2.42. The fraction of sp³-hybridized carbons (Fsp3) is 0.667. The number of nitrogens with two attached hydrogens (primary N) is 1. The van der Waals surface area contributed by atoms with Crippen LogP contribution in [-0.4, -0.2) is 36.6 Å². The van der Waals surface area contributed by atoms with Crippen molar-refractivity contribution >= 4 is 0 Å². The second kappa shape index (κ2) is 6.30. The Morgan fingerprint density at radius 3 is 2.56 bits per heavy atom. The lowest BCUT2D eigenvalue weighted by Gasteiger charge is -2.42. The minimum Gasteiger partial charge on any atom is -0.330 e. The van der Waals surface area contributed by atoms with Gasteiger partial charge in [-0.1, -0.05) is 6.42 Å². The van der Waals surface area contributed by atoms with Crippen LogP contribution in [0.4, 0.5) is 0 Å². The Balaban J connectivity index is 1.67. The molecule has 1 heterocycles. The van der Waals surface area contributed by atoms with Gasteiger partial charge >= 0.3 is 0 Å². The first-order valence-electron chi connectivity index (χ1n) is 7.02. The maximum Gasteiger partial charge on any atom is 0.0270 e. The molecule has 0 unspecified atom stereocenters. The molecule has 0 saturated heterocycles. The highest BCUT2D eigenvalue weighted by Gasteiger charge is 2.34. The standard InChI is InChI=1S/C15H25N3/c1-18(11-5-14-3-9-17-10-4-14)12-8-15(13-16)6-2-7-15/h3-4,9-10H,2,5-8,11-13,16H2,1H3. The zero-order chi connectivity index (χ0) is 12.8. The van der Waals surface area contributed by atoms with Crippen LogP contribution >= 0.6 is 0 Å². The van der Waals surface area contributed by atoms with Crippen molar-refractivity contribution < 1.29 is 0 Å². The second-order valence-electron chi connectivity index (χ2n) is 5.72. The molecule has 0 radical (unpaired) electrons. The van der Waals surface area contributed by atoms with Gasteiger partial charge in [-0.05, 0) is 68.9 Å². The van der Waals surface area contributed by atoms with Crippen LogP contribution in [-0.2, 0) is 6.42 Å². The van der Waals surface area contributed by atoms with Gasteiger partial charge in [0, 0.05) is 18.9 Å². The number of nitrogens with zero attached hydrogens (tertiary/aromatic N) is 2. The molecule has 18 heavy (non-hydrogen) atoms. The van der Waals surface area contributed by atoms with Crippen LogP contribution in [0.1, 0.15) is 31.2 Å². The highest BCUT2D eigenvalue weighted by atomic mass is 15.1. The molecule has 1 aliphatic rings. The minimum atomic E-state index is 0.477. The Morgan fingerprint density at radius 1 is 1.28 bits per heavy atom. The lowest BCUT2D eigenvalue weighted by Crippen LogP contribution is -2.40. The van der Waals surface area contributed by atoms with E-state index in [1.54, 1.807) is 0 Å². The normalized spacial score (nSPS) is 17.7. The summed E-state index contributed by atoms with van der Waals surface area (Å²) in [5.74, 6) is 0. The van der Waals surface area contributed by atoms with Gasteiger partial charge in [-0.15, -0.1) is 0 Å². The zero-order valence-corrected chi connectivity index (χ0v) is 11.4. The molecule has 1 saturated carbocycles. The maximum atomic E-state index is 5.89. The van der Waals surface area contributed by atoms with E-state index < -0.39 is 0 Å². The third-order valence-electron chi connectivity index (χ3n) is 4.40. The Hall–Kier alpha value is -0.930. The van der Waals surface area contributed by atoms with Gasteiger partial charge in [0.05, 0.1) is 0 Å². The molecule has 0 bridgehead atoms. The molecule has 0 aliphatic heterocycles. The van der Waals surface area contributed by atoms with Crippen molar-refractivity contribution in [3.8, 4) is 0 Å². The van der Waals surface area contributed by atoms with Gasteiger partial charge in [0.2, 0.25) is 0 Å². The van der Waals surface area contributed by atoms with Crippen LogP contribution in [0.2, 0.25) is 0 Å². The summed E-state index contributed by atoms with van der Waals surface area (Å²) in [4.78, 5) is 6.47. The fourth-order valence-corrected chi connectivity index (χ4v) is 2.64. The van der Waals surface area contributed by atoms with Crippen LogP contribution in [0.25, 0.3) is 0 Å². The van der Waals surface area contributed by atoms with Crippen LogP contribution in [0.5, 0.6) is 0 Å². The predicted octanol–water partition coefficient (Wildman–Crippen LogP) is 2.07. The van der Waals surface area contributed by atoms with E-state index in [0.29, 0.717) is 5.41 Å². The molecule has 1 aromatic heterocycles. The topological polar surface area (TPSA) is 42.2 Å². The first-order chi connectivity index (χ1) is 8.74. The number of pyridine rings is 1. The van der Waals surface area contributed by atoms with Crippen molar-refractivity contribution in [2.24, 2.45) is 11.1 Å². The predicted molar refractivity (Wildman–Crippen MR) is 75.4 cm³/mol. The van der Waals surface area contributed by atoms with Gasteiger partial charge in [0.1, 0.15) is 0 Å². The maximum absolute atomic E-state index is 5.89. The van der Waals surface area contributed by atoms with E-state index in [1.165, 1.54) is 37.8 Å². The molecule has 0 atom stereocenters. The van der Waals surface area contributed by atoms with Crippen LogP contribution in [0.15, 0.2) is 24.5 Å². The molecule has 1 aromatic rings. The van der Waals surface area contributed by atoms with Crippen molar-refractivity contribution in [3.05, 3.63) is 30.1 Å². The average Bonchev–Trinajstić information content (AvgIpc) is 2.37. The summed E-state index contributed by atoms with van der Waals surface area (Å²) in [5.41, 5.74) is 7.74. The molecule has 1 aliphatic carbocycles. The molecule has 0 amide bonds. The first-order valence-corrected chi connectivity index (χ1v) is 7.02. The van der Waals surface area contributed by atoms with Crippen molar-refractivity contribution in [2.75, 3.05) is 26.7 Å². The molecule has 0 spiro atoms. The SMILES string of the molecule is CN(CCc1ccncc1)CCC1(CN)CCC1. The summed E-state index contributed by atoms with van der Waals surface area (Å²) in [6.45, 7) is 3.15. The molecule has 1 fully saturated rings. The summed E-state index contributed by atoms with van der Waals surface area (Å²) in [6.07, 6.45) is 10.1. The molecule has 100 valence electrons. The monoisotopic (exact) mass is 247 g/mol. The molecule has 0 aromatic carbocycles. The number of hydrogen-bond donors (Lipinski definition) is 1. The smallest absolute Gasteiger partial charge is 0.0270 e. The van der Waals surface area contributed by atoms with Gasteiger partial charge in [-0.25, -0.2) is 0 Å². The zero-order valence-electron chi connectivity index (χ0n) is 11.4. The third kappa shape index (κ3) is 3.53. The molecule has 3 heteroatoms. The lowest BCUT2D eigenvalue weighted by molar-refractivity contribution is 0.112. The van der Waals surface area contributed by atoms with E-state index >= 15 is 0 Å². The molecule has 3 nitrogen and oxygen atoms in total. The number of likely N-dealkylation sites (N-methyl/N-ethyl adjacent to an activating group) is 1. The molecule has 2 N–H and O–H groups in total. The molecule has 2 rings (SSSR count). The lowest BCUT2D eigenvalue weighted by atomic mass is 9.66. The van der Waals surface area contributed by atoms with Crippen molar-refractivity contribution in [1.29, 1.82) is 0 Å². The summed E-state index contributed by atoms with van der Waals surface area (Å²) in [6, 6.07) is 4.20. The fourth-order valence-electron chi connectivity index (χ4n) is 2.64. The van der Waals surface area contributed by atoms with Gasteiger partial charge in [0.25, 0.3) is 0 Å². The minimum absolute atomic E-state index is 0.477. The van der Waals surface area contributed by atoms with E-state index in [0.717, 1.165) is 19.5 Å². The Bertz CT molecular complexity index is 341. The van der Waals surface area contributed by atoms with E-state index in [9.17, 15) is 0 Å².